The van der Waals surface area contributed by atoms with Crippen LogP contribution < -0.4 is 15.4 Å². The Morgan fingerprint density at radius 3 is 2.89 bits per heavy atom. The highest BCUT2D eigenvalue weighted by atomic mass is 16.5. The summed E-state index contributed by atoms with van der Waals surface area (Å²) in [6.07, 6.45) is 5.17. The fourth-order valence-electron chi connectivity index (χ4n) is 4.48. The highest BCUT2D eigenvalue weighted by Crippen LogP contribution is 2.31. The van der Waals surface area contributed by atoms with Crippen LogP contribution in [0.5, 0.6) is 5.75 Å². The van der Waals surface area contributed by atoms with Crippen molar-refractivity contribution in [3.8, 4) is 17.6 Å². The first-order chi connectivity index (χ1) is 17.5. The summed E-state index contributed by atoms with van der Waals surface area (Å²) in [5, 5.41) is 17.3. The zero-order valence-electron chi connectivity index (χ0n) is 20.8. The van der Waals surface area contributed by atoms with Gasteiger partial charge in [-0.1, -0.05) is 37.0 Å². The van der Waals surface area contributed by atoms with Gasteiger partial charge < -0.3 is 25.5 Å². The van der Waals surface area contributed by atoms with Gasteiger partial charge in [0.25, 0.3) is 5.91 Å². The monoisotopic (exact) mass is 487 g/mol. The van der Waals surface area contributed by atoms with Gasteiger partial charge in [0.05, 0.1) is 12.2 Å². The maximum Gasteiger partial charge on any atom is 0.257 e. The predicted octanol–water partition coefficient (Wildman–Crippen LogP) is 4.00. The molecule has 3 aromatic rings. The van der Waals surface area contributed by atoms with Gasteiger partial charge in [0.1, 0.15) is 12.0 Å². The number of amides is 2. The first kappa shape index (κ1) is 25.3. The van der Waals surface area contributed by atoms with E-state index >= 15 is 0 Å². The fraction of sp³-hybridized carbons (Fsp3) is 0.379. The average Bonchev–Trinajstić information content (AvgIpc) is 3.17. The second-order valence-corrected chi connectivity index (χ2v) is 9.14. The molecular formula is C29H33N3O4. The van der Waals surface area contributed by atoms with E-state index in [2.05, 4.69) is 27.5 Å². The average molecular weight is 488 g/mol. The van der Waals surface area contributed by atoms with Crippen molar-refractivity contribution in [2.45, 2.75) is 57.6 Å². The van der Waals surface area contributed by atoms with Crippen LogP contribution in [0, 0.1) is 11.8 Å². The predicted molar refractivity (Wildman–Crippen MR) is 140 cm³/mol. The molecule has 0 aliphatic carbocycles. The summed E-state index contributed by atoms with van der Waals surface area (Å²) >= 11 is 0. The van der Waals surface area contributed by atoms with Gasteiger partial charge in [0.15, 0.2) is 0 Å². The molecule has 2 aromatic carbocycles. The number of fused-ring (bicyclic) bond motifs is 2. The molecule has 2 heterocycles. The molecule has 7 nitrogen and oxygen atoms in total. The van der Waals surface area contributed by atoms with Crippen molar-refractivity contribution >= 4 is 22.7 Å². The topological polar surface area (TPSA) is 103 Å². The number of aliphatic hydroxyl groups excluding tert-OH is 1. The van der Waals surface area contributed by atoms with Crippen LogP contribution in [0.3, 0.4) is 0 Å². The summed E-state index contributed by atoms with van der Waals surface area (Å²) in [7, 11) is 1.62. The van der Waals surface area contributed by atoms with E-state index in [0.29, 0.717) is 37.2 Å². The van der Waals surface area contributed by atoms with Gasteiger partial charge in [-0.2, -0.15) is 0 Å². The molecule has 36 heavy (non-hydrogen) atoms. The highest BCUT2D eigenvalue weighted by molar-refractivity contribution is 5.98. The van der Waals surface area contributed by atoms with E-state index in [1.165, 1.54) is 0 Å². The van der Waals surface area contributed by atoms with Crippen LogP contribution in [-0.4, -0.2) is 41.8 Å². The zero-order chi connectivity index (χ0) is 25.5. The SMILES string of the molecule is CNC(=O)CCCC#Cc1cc2c(c(C(=O)N[C@H](O)C(C)c3c[nH]c4ccccc34)c1)OCCCC2. The van der Waals surface area contributed by atoms with Gasteiger partial charge in [-0.15, -0.1) is 0 Å². The van der Waals surface area contributed by atoms with Crippen molar-refractivity contribution in [3.05, 3.63) is 64.8 Å². The van der Waals surface area contributed by atoms with E-state index in [4.69, 9.17) is 4.74 Å². The lowest BCUT2D eigenvalue weighted by Crippen LogP contribution is -2.38. The maximum absolute atomic E-state index is 13.4. The smallest absolute Gasteiger partial charge is 0.257 e. The van der Waals surface area contributed by atoms with Crippen LogP contribution in [0.4, 0.5) is 0 Å². The van der Waals surface area contributed by atoms with Gasteiger partial charge in [-0.05, 0) is 55.0 Å². The molecule has 7 heteroatoms. The first-order valence-corrected chi connectivity index (χ1v) is 12.5. The number of carbonyl (C=O) groups is 2. The lowest BCUT2D eigenvalue weighted by atomic mass is 9.97. The third kappa shape index (κ3) is 5.89. The Labute approximate surface area is 211 Å². The molecule has 2 atom stereocenters. The lowest BCUT2D eigenvalue weighted by molar-refractivity contribution is -0.120. The standard InChI is InChI=1S/C29H33N3O4/c1-19(24-18-31-25-13-7-6-12-22(24)25)28(34)32-29(35)23-17-20(10-4-3-5-14-26(33)30-2)16-21-11-8-9-15-36-27(21)23/h6-7,12-13,16-19,28,31,34H,3,5,8-9,11,14-15H2,1-2H3,(H,30,33)(H,32,35)/t19?,28-/m1/s1. The Bertz CT molecular complexity index is 1300. The highest BCUT2D eigenvalue weighted by Gasteiger charge is 2.25. The van der Waals surface area contributed by atoms with Crippen molar-refractivity contribution in [1.82, 2.24) is 15.6 Å². The second kappa shape index (κ2) is 11.8. The Kier molecular flexibility index (Phi) is 8.29. The molecule has 0 radical (unpaired) electrons. The number of aromatic nitrogens is 1. The van der Waals surface area contributed by atoms with Crippen molar-refractivity contribution in [2.75, 3.05) is 13.7 Å². The minimum absolute atomic E-state index is 0.00152. The number of carbonyl (C=O) groups excluding carboxylic acids is 2. The molecule has 4 N–H and O–H groups in total. The minimum Gasteiger partial charge on any atom is -0.492 e. The van der Waals surface area contributed by atoms with E-state index in [9.17, 15) is 14.7 Å². The van der Waals surface area contributed by atoms with Crippen molar-refractivity contribution < 1.29 is 19.4 Å². The van der Waals surface area contributed by atoms with Crippen LogP contribution in [0.15, 0.2) is 42.6 Å². The number of hydrogen-bond acceptors (Lipinski definition) is 4. The fourth-order valence-corrected chi connectivity index (χ4v) is 4.48. The largest absolute Gasteiger partial charge is 0.492 e. The minimum atomic E-state index is -1.09. The molecule has 0 fully saturated rings. The first-order valence-electron chi connectivity index (χ1n) is 12.5. The van der Waals surface area contributed by atoms with E-state index in [0.717, 1.165) is 46.9 Å². The molecule has 0 bridgehead atoms. The second-order valence-electron chi connectivity index (χ2n) is 9.14. The summed E-state index contributed by atoms with van der Waals surface area (Å²) in [5.41, 5.74) is 3.98. The number of benzene rings is 2. The van der Waals surface area contributed by atoms with Crippen LogP contribution >= 0.6 is 0 Å². The number of aliphatic hydroxyl groups is 1. The number of aryl methyl sites for hydroxylation is 1. The molecule has 188 valence electrons. The third-order valence-electron chi connectivity index (χ3n) is 6.58. The Morgan fingerprint density at radius 1 is 1.22 bits per heavy atom. The number of aromatic amines is 1. The lowest BCUT2D eigenvalue weighted by Gasteiger charge is -2.21. The Morgan fingerprint density at radius 2 is 2.06 bits per heavy atom. The van der Waals surface area contributed by atoms with Crippen molar-refractivity contribution in [1.29, 1.82) is 0 Å². The van der Waals surface area contributed by atoms with Gasteiger partial charge >= 0.3 is 0 Å². The summed E-state index contributed by atoms with van der Waals surface area (Å²) in [5.74, 6) is 6.10. The molecule has 1 unspecified atom stereocenters. The maximum atomic E-state index is 13.4. The molecule has 1 aliphatic rings. The van der Waals surface area contributed by atoms with Gasteiger partial charge in [-0.25, -0.2) is 0 Å². The molecular weight excluding hydrogens is 454 g/mol. The summed E-state index contributed by atoms with van der Waals surface area (Å²) in [4.78, 5) is 28.0. The number of ether oxygens (including phenoxy) is 1. The summed E-state index contributed by atoms with van der Waals surface area (Å²) in [6.45, 7) is 2.43. The molecule has 0 saturated heterocycles. The van der Waals surface area contributed by atoms with Gasteiger partial charge in [0.2, 0.25) is 5.91 Å². The van der Waals surface area contributed by atoms with Crippen LogP contribution in [0.25, 0.3) is 10.9 Å². The van der Waals surface area contributed by atoms with Crippen molar-refractivity contribution in [2.24, 2.45) is 0 Å². The third-order valence-corrected chi connectivity index (χ3v) is 6.58. The number of rotatable bonds is 7. The number of nitrogens with one attached hydrogen (secondary N) is 3. The molecule has 4 rings (SSSR count). The number of para-hydroxylation sites is 1. The van der Waals surface area contributed by atoms with Crippen LogP contribution in [0.2, 0.25) is 0 Å². The van der Waals surface area contributed by atoms with E-state index in [1.807, 2.05) is 43.5 Å². The number of hydrogen-bond donors (Lipinski definition) is 4. The Hall–Kier alpha value is -3.76. The molecule has 2 amide bonds. The normalized spacial score (nSPS) is 14.4. The van der Waals surface area contributed by atoms with Crippen LogP contribution in [-0.2, 0) is 11.2 Å². The summed E-state index contributed by atoms with van der Waals surface area (Å²) < 4.78 is 5.97. The zero-order valence-corrected chi connectivity index (χ0v) is 20.8. The number of unbranched alkanes of at least 4 members (excludes halogenated alkanes) is 1. The van der Waals surface area contributed by atoms with E-state index in [-0.39, 0.29) is 11.8 Å². The van der Waals surface area contributed by atoms with Crippen LogP contribution in [0.1, 0.15) is 72.0 Å². The number of H-pyrrole nitrogens is 1. The molecule has 0 spiro atoms. The molecule has 0 saturated carbocycles. The van der Waals surface area contributed by atoms with Gasteiger partial charge in [-0.3, -0.25) is 9.59 Å². The van der Waals surface area contributed by atoms with Crippen molar-refractivity contribution in [3.63, 3.8) is 0 Å². The van der Waals surface area contributed by atoms with Gasteiger partial charge in [0, 0.05) is 48.5 Å². The molecule has 1 aromatic heterocycles. The molecule has 1 aliphatic heterocycles. The summed E-state index contributed by atoms with van der Waals surface area (Å²) in [6, 6.07) is 11.6. The Balaban J connectivity index is 1.53. The van der Waals surface area contributed by atoms with E-state index < -0.39 is 12.1 Å². The quantitative estimate of drug-likeness (QED) is 0.230. The van der Waals surface area contributed by atoms with E-state index in [1.54, 1.807) is 13.1 Å².